The van der Waals surface area contributed by atoms with Gasteiger partial charge < -0.3 is 14.5 Å². The molecule has 2 aromatic carbocycles. The molecule has 0 bridgehead atoms. The lowest BCUT2D eigenvalue weighted by Gasteiger charge is -2.09. The Labute approximate surface area is 174 Å². The number of carbonyl (C=O) groups excluding carboxylic acids is 2. The third kappa shape index (κ3) is 5.20. The van der Waals surface area contributed by atoms with E-state index in [1.54, 1.807) is 31.2 Å². The monoisotopic (exact) mass is 461 g/mol. The molecule has 144 valence electrons. The van der Waals surface area contributed by atoms with E-state index in [0.717, 1.165) is 21.8 Å². The molecule has 1 aromatic heterocycles. The molecule has 9 heteroatoms. The van der Waals surface area contributed by atoms with Crippen molar-refractivity contribution in [1.82, 2.24) is 10.2 Å². The van der Waals surface area contributed by atoms with Crippen molar-refractivity contribution in [2.45, 2.75) is 12.1 Å². The van der Waals surface area contributed by atoms with Crippen LogP contribution in [0.25, 0.3) is 11.5 Å². The number of aromatic nitrogens is 2. The number of carbonyl (C=O) groups is 2. The van der Waals surface area contributed by atoms with Gasteiger partial charge in [-0.25, -0.2) is 4.79 Å². The first-order chi connectivity index (χ1) is 13.6. The summed E-state index contributed by atoms with van der Waals surface area (Å²) in [5.41, 5.74) is 1.48. The van der Waals surface area contributed by atoms with Crippen LogP contribution in [0.15, 0.2) is 62.6 Å². The second-order valence-electron chi connectivity index (χ2n) is 5.49. The number of nitrogens with zero attached hydrogens (tertiary/aromatic N) is 2. The van der Waals surface area contributed by atoms with Crippen molar-refractivity contribution in [3.63, 3.8) is 0 Å². The van der Waals surface area contributed by atoms with Crippen molar-refractivity contribution in [2.75, 3.05) is 17.7 Å². The van der Waals surface area contributed by atoms with Crippen molar-refractivity contribution in [1.29, 1.82) is 0 Å². The van der Waals surface area contributed by atoms with Gasteiger partial charge in [0, 0.05) is 10.0 Å². The number of ether oxygens (including phenoxy) is 1. The highest BCUT2D eigenvalue weighted by Crippen LogP contribution is 2.25. The number of amides is 1. The van der Waals surface area contributed by atoms with E-state index in [0.29, 0.717) is 17.1 Å². The Morgan fingerprint density at radius 3 is 2.79 bits per heavy atom. The fraction of sp³-hybridized carbons (Fsp3) is 0.158. The standard InChI is InChI=1S/C19H16BrN3O4S/c1-2-26-18(25)14-8-3-4-9-15(14)21-16(24)11-28-19-23-22-17(27-19)12-6-5-7-13(20)10-12/h3-10H,2,11H2,1H3,(H,21,24). The molecule has 1 N–H and O–H groups in total. The molecule has 0 radical (unpaired) electrons. The van der Waals surface area contributed by atoms with Gasteiger partial charge in [-0.2, -0.15) is 0 Å². The van der Waals surface area contributed by atoms with E-state index in [4.69, 9.17) is 9.15 Å². The van der Waals surface area contributed by atoms with Crippen molar-refractivity contribution >= 4 is 45.3 Å². The van der Waals surface area contributed by atoms with E-state index < -0.39 is 5.97 Å². The number of nitrogens with one attached hydrogen (secondary N) is 1. The molecule has 0 atom stereocenters. The largest absolute Gasteiger partial charge is 0.462 e. The highest BCUT2D eigenvalue weighted by atomic mass is 79.9. The Bertz CT molecular complexity index is 993. The summed E-state index contributed by atoms with van der Waals surface area (Å²) in [7, 11) is 0. The lowest BCUT2D eigenvalue weighted by atomic mass is 10.2. The van der Waals surface area contributed by atoms with Crippen molar-refractivity contribution in [3.05, 3.63) is 58.6 Å². The minimum atomic E-state index is -0.485. The van der Waals surface area contributed by atoms with Gasteiger partial charge in [0.1, 0.15) is 0 Å². The normalized spacial score (nSPS) is 10.5. The third-order valence-electron chi connectivity index (χ3n) is 3.50. The number of esters is 1. The van der Waals surface area contributed by atoms with Crippen LogP contribution < -0.4 is 5.32 Å². The molecule has 3 aromatic rings. The van der Waals surface area contributed by atoms with Crippen LogP contribution in [0.2, 0.25) is 0 Å². The molecule has 0 spiro atoms. The first-order valence-electron chi connectivity index (χ1n) is 8.35. The van der Waals surface area contributed by atoms with E-state index in [9.17, 15) is 9.59 Å². The number of thioether (sulfide) groups is 1. The second-order valence-corrected chi connectivity index (χ2v) is 7.33. The summed E-state index contributed by atoms with van der Waals surface area (Å²) in [6.07, 6.45) is 0. The fourth-order valence-corrected chi connectivity index (χ4v) is 3.26. The molecule has 0 aliphatic heterocycles. The lowest BCUT2D eigenvalue weighted by Crippen LogP contribution is -2.17. The van der Waals surface area contributed by atoms with Crippen LogP contribution in [0.1, 0.15) is 17.3 Å². The van der Waals surface area contributed by atoms with Gasteiger partial charge >= 0.3 is 5.97 Å². The van der Waals surface area contributed by atoms with Gasteiger partial charge in [-0.1, -0.05) is 45.9 Å². The number of hydrogen-bond donors (Lipinski definition) is 1. The topological polar surface area (TPSA) is 94.3 Å². The van der Waals surface area contributed by atoms with E-state index in [2.05, 4.69) is 31.4 Å². The van der Waals surface area contributed by atoms with E-state index in [-0.39, 0.29) is 23.5 Å². The smallest absolute Gasteiger partial charge is 0.340 e. The number of benzene rings is 2. The molecular weight excluding hydrogens is 446 g/mol. The Hall–Kier alpha value is -2.65. The summed E-state index contributed by atoms with van der Waals surface area (Å²) in [6.45, 7) is 1.98. The Morgan fingerprint density at radius 1 is 1.18 bits per heavy atom. The molecule has 0 aliphatic carbocycles. The molecule has 3 rings (SSSR count). The molecule has 0 saturated carbocycles. The summed E-state index contributed by atoms with van der Waals surface area (Å²) in [4.78, 5) is 24.2. The molecular formula is C19H16BrN3O4S. The molecule has 28 heavy (non-hydrogen) atoms. The predicted molar refractivity (Wildman–Crippen MR) is 109 cm³/mol. The summed E-state index contributed by atoms with van der Waals surface area (Å²) in [5.74, 6) is -0.362. The summed E-state index contributed by atoms with van der Waals surface area (Å²) in [5, 5.41) is 10.9. The first-order valence-corrected chi connectivity index (χ1v) is 10.1. The molecule has 0 saturated heterocycles. The SMILES string of the molecule is CCOC(=O)c1ccccc1NC(=O)CSc1nnc(-c2cccc(Br)c2)o1. The maximum Gasteiger partial charge on any atom is 0.340 e. The van der Waals surface area contributed by atoms with Crippen LogP contribution in [-0.4, -0.2) is 34.4 Å². The molecule has 0 unspecified atom stereocenters. The Morgan fingerprint density at radius 2 is 2.00 bits per heavy atom. The molecule has 7 nitrogen and oxygen atoms in total. The maximum absolute atomic E-state index is 12.3. The summed E-state index contributed by atoms with van der Waals surface area (Å²) in [6, 6.07) is 14.2. The first kappa shape index (κ1) is 20.1. The molecule has 0 aliphatic rings. The Balaban J connectivity index is 1.61. The average Bonchev–Trinajstić information content (AvgIpc) is 3.16. The quantitative estimate of drug-likeness (QED) is 0.411. The van der Waals surface area contributed by atoms with Gasteiger partial charge in [0.15, 0.2) is 0 Å². The van der Waals surface area contributed by atoms with Crippen LogP contribution in [-0.2, 0) is 9.53 Å². The number of para-hydroxylation sites is 1. The molecule has 1 heterocycles. The lowest BCUT2D eigenvalue weighted by molar-refractivity contribution is -0.113. The number of hydrogen-bond acceptors (Lipinski definition) is 7. The molecule has 1 amide bonds. The van der Waals surface area contributed by atoms with E-state index in [1.165, 1.54) is 0 Å². The van der Waals surface area contributed by atoms with E-state index in [1.807, 2.05) is 24.3 Å². The highest BCUT2D eigenvalue weighted by molar-refractivity contribution is 9.10. The van der Waals surface area contributed by atoms with Gasteiger partial charge in [-0.3, -0.25) is 4.79 Å². The zero-order chi connectivity index (χ0) is 19.9. The van der Waals surface area contributed by atoms with Crippen molar-refractivity contribution in [3.8, 4) is 11.5 Å². The van der Waals surface area contributed by atoms with Gasteiger partial charge in [-0.15, -0.1) is 10.2 Å². The zero-order valence-electron chi connectivity index (χ0n) is 14.8. The van der Waals surface area contributed by atoms with Crippen LogP contribution in [0, 0.1) is 0 Å². The van der Waals surface area contributed by atoms with Gasteiger partial charge in [0.25, 0.3) is 5.22 Å². The minimum Gasteiger partial charge on any atom is -0.462 e. The van der Waals surface area contributed by atoms with Crippen LogP contribution in [0.4, 0.5) is 5.69 Å². The summed E-state index contributed by atoms with van der Waals surface area (Å²) >= 11 is 4.50. The minimum absolute atomic E-state index is 0.0529. The number of rotatable bonds is 7. The van der Waals surface area contributed by atoms with Gasteiger partial charge in [0.2, 0.25) is 11.8 Å². The van der Waals surface area contributed by atoms with Gasteiger partial charge in [-0.05, 0) is 37.3 Å². The molecule has 0 fully saturated rings. The van der Waals surface area contributed by atoms with Gasteiger partial charge in [0.05, 0.1) is 23.6 Å². The van der Waals surface area contributed by atoms with E-state index >= 15 is 0 Å². The highest BCUT2D eigenvalue weighted by Gasteiger charge is 2.15. The second kappa shape index (κ2) is 9.52. The van der Waals surface area contributed by atoms with Crippen molar-refractivity contribution < 1.29 is 18.7 Å². The number of halogens is 1. The van der Waals surface area contributed by atoms with Crippen LogP contribution in [0.5, 0.6) is 0 Å². The summed E-state index contributed by atoms with van der Waals surface area (Å²) < 4.78 is 11.5. The van der Waals surface area contributed by atoms with Crippen molar-refractivity contribution in [2.24, 2.45) is 0 Å². The third-order valence-corrected chi connectivity index (χ3v) is 4.81. The fourth-order valence-electron chi connectivity index (χ4n) is 2.30. The number of anilines is 1. The average molecular weight is 462 g/mol. The van der Waals surface area contributed by atoms with Crippen LogP contribution >= 0.6 is 27.7 Å². The van der Waals surface area contributed by atoms with Crippen LogP contribution in [0.3, 0.4) is 0 Å². The zero-order valence-corrected chi connectivity index (χ0v) is 17.2. The Kier molecular flexibility index (Phi) is 6.83. The predicted octanol–water partition coefficient (Wildman–Crippen LogP) is 4.41. The maximum atomic E-state index is 12.3.